The van der Waals surface area contributed by atoms with Crippen molar-refractivity contribution in [3.63, 3.8) is 0 Å². The highest BCUT2D eigenvalue weighted by Gasteiger charge is 2.27. The van der Waals surface area contributed by atoms with Gasteiger partial charge in [-0.3, -0.25) is 4.79 Å². The number of hydrogen-bond acceptors (Lipinski definition) is 5. The molecule has 1 unspecified atom stereocenters. The third kappa shape index (κ3) is 7.43. The second-order valence-corrected chi connectivity index (χ2v) is 7.53. The van der Waals surface area contributed by atoms with E-state index in [-0.39, 0.29) is 18.6 Å². The van der Waals surface area contributed by atoms with Crippen LogP contribution in [0.5, 0.6) is 0 Å². The monoisotopic (exact) mass is 352 g/mol. The van der Waals surface area contributed by atoms with E-state index in [1.165, 1.54) is 37.0 Å². The van der Waals surface area contributed by atoms with Crippen LogP contribution in [0.15, 0.2) is 22.8 Å². The van der Waals surface area contributed by atoms with Crippen LogP contribution in [0.3, 0.4) is 0 Å². The van der Waals surface area contributed by atoms with E-state index >= 15 is 0 Å². The Morgan fingerprint density at radius 1 is 1.32 bits per heavy atom. The molecule has 0 amide bonds. The SMILES string of the molecule is CC(=O)OCC(CO)OC(=O)C=C(C)CCC1=C(C)CCCC1(C)C. The fraction of sp³-hybridized carbons (Fsp3) is 0.700. The standard InChI is InChI=1S/C20H32O5/c1-14(8-9-18-15(2)7-6-10-20(18,4)5)11-19(23)25-17(12-21)13-24-16(3)22/h11,17,21H,6-10,12-13H2,1-5H3. The summed E-state index contributed by atoms with van der Waals surface area (Å²) in [6.45, 7) is 9.45. The highest BCUT2D eigenvalue weighted by Crippen LogP contribution is 2.42. The van der Waals surface area contributed by atoms with E-state index in [0.717, 1.165) is 24.8 Å². The highest BCUT2D eigenvalue weighted by molar-refractivity contribution is 5.82. The zero-order valence-electron chi connectivity index (χ0n) is 16.2. The summed E-state index contributed by atoms with van der Waals surface area (Å²) in [5.74, 6) is -0.989. The van der Waals surface area contributed by atoms with Crippen molar-refractivity contribution < 1.29 is 24.2 Å². The summed E-state index contributed by atoms with van der Waals surface area (Å²) in [4.78, 5) is 22.7. The van der Waals surface area contributed by atoms with Crippen molar-refractivity contribution in [1.29, 1.82) is 0 Å². The Morgan fingerprint density at radius 3 is 2.56 bits per heavy atom. The number of rotatable bonds is 8. The molecule has 0 heterocycles. The van der Waals surface area contributed by atoms with Crippen LogP contribution in [0.25, 0.3) is 0 Å². The first kappa shape index (κ1) is 21.4. The van der Waals surface area contributed by atoms with Gasteiger partial charge in [-0.2, -0.15) is 0 Å². The number of allylic oxidation sites excluding steroid dienone is 3. The minimum Gasteiger partial charge on any atom is -0.462 e. The molecule has 1 aliphatic rings. The van der Waals surface area contributed by atoms with Gasteiger partial charge in [-0.05, 0) is 51.4 Å². The highest BCUT2D eigenvalue weighted by atomic mass is 16.6. The molecule has 0 saturated heterocycles. The van der Waals surface area contributed by atoms with Crippen LogP contribution in [0.4, 0.5) is 0 Å². The van der Waals surface area contributed by atoms with Crippen LogP contribution in [-0.2, 0) is 19.1 Å². The molecule has 0 bridgehead atoms. The van der Waals surface area contributed by atoms with E-state index in [0.29, 0.717) is 0 Å². The second-order valence-electron chi connectivity index (χ2n) is 7.53. The number of hydrogen-bond donors (Lipinski definition) is 1. The van der Waals surface area contributed by atoms with Gasteiger partial charge in [-0.1, -0.05) is 30.6 Å². The predicted octanol–water partition coefficient (Wildman–Crippen LogP) is 3.71. The molecule has 0 aromatic heterocycles. The van der Waals surface area contributed by atoms with Gasteiger partial charge in [0.25, 0.3) is 0 Å². The third-order valence-electron chi connectivity index (χ3n) is 4.78. The van der Waals surface area contributed by atoms with E-state index in [1.807, 2.05) is 6.92 Å². The van der Waals surface area contributed by atoms with Crippen LogP contribution in [0, 0.1) is 5.41 Å². The molecule has 1 atom stereocenters. The van der Waals surface area contributed by atoms with Crippen molar-refractivity contribution >= 4 is 11.9 Å². The topological polar surface area (TPSA) is 72.8 Å². The fourth-order valence-electron chi connectivity index (χ4n) is 3.35. The van der Waals surface area contributed by atoms with Crippen molar-refractivity contribution in [2.24, 2.45) is 5.41 Å². The van der Waals surface area contributed by atoms with Crippen LogP contribution in [0.2, 0.25) is 0 Å². The largest absolute Gasteiger partial charge is 0.462 e. The Labute approximate surface area is 151 Å². The molecule has 0 spiro atoms. The molecule has 1 aliphatic carbocycles. The number of carbonyl (C=O) groups is 2. The minimum atomic E-state index is -0.831. The van der Waals surface area contributed by atoms with Crippen molar-refractivity contribution in [1.82, 2.24) is 0 Å². The maximum absolute atomic E-state index is 11.9. The Kier molecular flexibility index (Phi) is 8.36. The van der Waals surface area contributed by atoms with E-state index in [9.17, 15) is 14.7 Å². The van der Waals surface area contributed by atoms with Crippen LogP contribution in [0.1, 0.15) is 66.7 Å². The predicted molar refractivity (Wildman–Crippen MR) is 96.9 cm³/mol. The minimum absolute atomic E-state index is 0.134. The summed E-state index contributed by atoms with van der Waals surface area (Å²) in [6, 6.07) is 0. The van der Waals surface area contributed by atoms with Gasteiger partial charge in [-0.25, -0.2) is 4.79 Å². The van der Waals surface area contributed by atoms with Crippen molar-refractivity contribution in [2.75, 3.05) is 13.2 Å². The summed E-state index contributed by atoms with van der Waals surface area (Å²) in [5.41, 5.74) is 4.15. The van der Waals surface area contributed by atoms with Crippen LogP contribution < -0.4 is 0 Å². The maximum Gasteiger partial charge on any atom is 0.331 e. The van der Waals surface area contributed by atoms with Gasteiger partial charge in [0, 0.05) is 13.0 Å². The molecule has 5 nitrogen and oxygen atoms in total. The van der Waals surface area contributed by atoms with Gasteiger partial charge in [0.05, 0.1) is 6.61 Å². The third-order valence-corrected chi connectivity index (χ3v) is 4.78. The first-order valence-electron chi connectivity index (χ1n) is 8.97. The van der Waals surface area contributed by atoms with Crippen molar-refractivity contribution in [2.45, 2.75) is 72.8 Å². The lowest BCUT2D eigenvalue weighted by atomic mass is 9.71. The molecule has 1 N–H and O–H groups in total. The zero-order valence-corrected chi connectivity index (χ0v) is 16.2. The van der Waals surface area contributed by atoms with Crippen molar-refractivity contribution in [3.05, 3.63) is 22.8 Å². The first-order valence-corrected chi connectivity index (χ1v) is 8.97. The van der Waals surface area contributed by atoms with E-state index in [1.54, 1.807) is 0 Å². The van der Waals surface area contributed by atoms with Crippen LogP contribution in [-0.4, -0.2) is 36.4 Å². The number of aliphatic hydroxyl groups excluding tert-OH is 1. The Morgan fingerprint density at radius 2 is 2.00 bits per heavy atom. The number of esters is 2. The molecule has 0 fully saturated rings. The molecule has 142 valence electrons. The lowest BCUT2D eigenvalue weighted by molar-refractivity contribution is -0.156. The number of ether oxygens (including phenoxy) is 2. The quantitative estimate of drug-likeness (QED) is 0.409. The van der Waals surface area contributed by atoms with Crippen LogP contribution >= 0.6 is 0 Å². The second kappa shape index (κ2) is 9.76. The summed E-state index contributed by atoms with van der Waals surface area (Å²) >= 11 is 0. The van der Waals surface area contributed by atoms with E-state index < -0.39 is 18.0 Å². The maximum atomic E-state index is 11.9. The average Bonchev–Trinajstić information content (AvgIpc) is 2.49. The Balaban J connectivity index is 2.56. The van der Waals surface area contributed by atoms with Gasteiger partial charge in [0.15, 0.2) is 6.10 Å². The van der Waals surface area contributed by atoms with Crippen molar-refractivity contribution in [3.8, 4) is 0 Å². The molecular weight excluding hydrogens is 320 g/mol. The van der Waals surface area contributed by atoms with Gasteiger partial charge in [0.1, 0.15) is 6.61 Å². The summed E-state index contributed by atoms with van der Waals surface area (Å²) in [6.07, 6.45) is 6.00. The Bertz CT molecular complexity index is 542. The van der Waals surface area contributed by atoms with Gasteiger partial charge >= 0.3 is 11.9 Å². The van der Waals surface area contributed by atoms with Gasteiger partial charge in [-0.15, -0.1) is 0 Å². The Hall–Kier alpha value is -1.62. The summed E-state index contributed by atoms with van der Waals surface area (Å²) in [7, 11) is 0. The lowest BCUT2D eigenvalue weighted by Gasteiger charge is -2.34. The number of aliphatic hydroxyl groups is 1. The molecular formula is C20H32O5. The fourth-order valence-corrected chi connectivity index (χ4v) is 3.35. The smallest absolute Gasteiger partial charge is 0.331 e. The molecule has 5 heteroatoms. The summed E-state index contributed by atoms with van der Waals surface area (Å²) < 4.78 is 9.88. The van der Waals surface area contributed by atoms with Gasteiger partial charge in [0.2, 0.25) is 0 Å². The molecule has 1 rings (SSSR count). The van der Waals surface area contributed by atoms with E-state index in [2.05, 4.69) is 20.8 Å². The number of carbonyl (C=O) groups excluding carboxylic acids is 2. The molecule has 0 aliphatic heterocycles. The molecule has 0 aromatic rings. The average molecular weight is 352 g/mol. The molecule has 0 radical (unpaired) electrons. The normalized spacial score (nSPS) is 18.7. The van der Waals surface area contributed by atoms with E-state index in [4.69, 9.17) is 9.47 Å². The lowest BCUT2D eigenvalue weighted by Crippen LogP contribution is -2.27. The molecule has 0 saturated carbocycles. The zero-order chi connectivity index (χ0) is 19.0. The summed E-state index contributed by atoms with van der Waals surface area (Å²) in [5, 5.41) is 9.19. The first-order chi connectivity index (χ1) is 11.7. The molecule has 25 heavy (non-hydrogen) atoms. The molecule has 0 aromatic carbocycles. The van der Waals surface area contributed by atoms with Gasteiger partial charge < -0.3 is 14.6 Å².